The van der Waals surface area contributed by atoms with Crippen LogP contribution in [0.25, 0.3) is 0 Å². The van der Waals surface area contributed by atoms with Crippen molar-refractivity contribution in [3.05, 3.63) is 0 Å². The van der Waals surface area contributed by atoms with Crippen LogP contribution in [-0.2, 0) is 63.5 Å². The van der Waals surface area contributed by atoms with Gasteiger partial charge >= 0.3 is 57.1 Å². The third-order valence-electron chi connectivity index (χ3n) is 10.4. The minimum Gasteiger partial charge on any atom is -0.377 e. The van der Waals surface area contributed by atoms with Crippen molar-refractivity contribution in [1.82, 2.24) is 0 Å². The van der Waals surface area contributed by atoms with Crippen LogP contribution in [0.5, 0.6) is 0 Å². The molecule has 0 rings (SSSR count). The first-order valence-corrected chi connectivity index (χ1v) is 26.3. The van der Waals surface area contributed by atoms with Gasteiger partial charge in [-0.15, -0.1) is 8.78 Å². The molecular weight excluding hydrogens is 1010 g/mol. The van der Waals surface area contributed by atoms with E-state index in [1.165, 1.54) is 64.0 Å². The minimum absolute atomic E-state index is 0.0149. The van der Waals surface area contributed by atoms with Gasteiger partial charge in [-0.05, 0) is 56.8 Å². The third-order valence-corrected chi connectivity index (χ3v) is 18.9. The molecule has 0 saturated carbocycles. The molecule has 0 radical (unpaired) electrons. The molecule has 0 unspecified atom stereocenters. The van der Waals surface area contributed by atoms with Gasteiger partial charge in [0.1, 0.15) is 26.2 Å². The summed E-state index contributed by atoms with van der Waals surface area (Å²) in [5.74, 6) is -10.3. The van der Waals surface area contributed by atoms with Gasteiger partial charge in [0.2, 0.25) is 0 Å². The van der Waals surface area contributed by atoms with Gasteiger partial charge in [0, 0.05) is 95.1 Å². The van der Waals surface area contributed by atoms with E-state index in [4.69, 9.17) is 44.6 Å². The average Bonchev–Trinajstić information content (AvgIpc) is 3.20. The van der Waals surface area contributed by atoms with Gasteiger partial charge in [-0.1, -0.05) is 6.92 Å². The highest BCUT2D eigenvalue weighted by atomic mass is 28.4. The zero-order valence-corrected chi connectivity index (χ0v) is 42.2. The Bertz CT molecular complexity index is 1270. The lowest BCUT2D eigenvalue weighted by Gasteiger charge is -2.37. The van der Waals surface area contributed by atoms with Crippen LogP contribution in [0.4, 0.5) is 61.5 Å². The maximum atomic E-state index is 14.6. The van der Waals surface area contributed by atoms with Gasteiger partial charge in [0.25, 0.3) is 11.8 Å². The monoisotopic (exact) mass is 1070 g/mol. The van der Waals surface area contributed by atoms with E-state index in [0.29, 0.717) is 56.7 Å². The molecular formula is C36H66F14O14Si3. The maximum Gasteiger partial charge on any atom is 0.500 e. The van der Waals surface area contributed by atoms with Crippen molar-refractivity contribution in [3.63, 3.8) is 0 Å². The van der Waals surface area contributed by atoms with Gasteiger partial charge < -0.3 is 49.3 Å². The summed E-state index contributed by atoms with van der Waals surface area (Å²) in [6.07, 6.45) is -30.6. The molecule has 0 aliphatic rings. The van der Waals surface area contributed by atoms with Crippen molar-refractivity contribution >= 4 is 26.4 Å². The normalized spacial score (nSPS) is 14.7. The van der Waals surface area contributed by atoms with E-state index in [9.17, 15) is 61.5 Å². The summed E-state index contributed by atoms with van der Waals surface area (Å²) in [4.78, 5) is 0. The first kappa shape index (κ1) is 66.1. The SMILES string of the molecule is CCC(F)(F)OC(F)(F)COCC(F)(F)CC(F)(F)CC(F)(F)OC(F)(F)OC(F)(F)COCCCC(CCC[Si](OC)(OC)OC)(CCC[Si](OC)(OC)OC)CCC[Si](OC)(OC)OC. The molecule has 0 spiro atoms. The van der Waals surface area contributed by atoms with Crippen LogP contribution in [0.2, 0.25) is 18.1 Å². The van der Waals surface area contributed by atoms with Crippen LogP contribution < -0.4 is 0 Å². The Morgan fingerprint density at radius 3 is 1.07 bits per heavy atom. The van der Waals surface area contributed by atoms with Crippen molar-refractivity contribution < 1.29 is 125 Å². The Hall–Kier alpha value is -0.889. The molecule has 0 fully saturated rings. The van der Waals surface area contributed by atoms with Crippen LogP contribution in [0, 0.1) is 5.41 Å². The van der Waals surface area contributed by atoms with Crippen molar-refractivity contribution in [1.29, 1.82) is 0 Å². The molecule has 0 aliphatic carbocycles. The van der Waals surface area contributed by atoms with Crippen molar-refractivity contribution in [3.8, 4) is 0 Å². The predicted molar refractivity (Wildman–Crippen MR) is 213 cm³/mol. The van der Waals surface area contributed by atoms with E-state index in [-0.39, 0.29) is 12.8 Å². The molecule has 0 saturated heterocycles. The summed E-state index contributed by atoms with van der Waals surface area (Å²) in [6, 6.07) is 1.12. The number of rotatable bonds is 42. The van der Waals surface area contributed by atoms with Gasteiger partial charge in [0.15, 0.2) is 0 Å². The number of hydrogen-bond donors (Lipinski definition) is 0. The van der Waals surface area contributed by atoms with Crippen molar-refractivity contribution in [2.24, 2.45) is 5.41 Å². The quantitative estimate of drug-likeness (QED) is 0.0249. The number of ether oxygens (including phenoxy) is 5. The largest absolute Gasteiger partial charge is 0.500 e. The first-order chi connectivity index (χ1) is 30.7. The zero-order chi connectivity index (χ0) is 52.1. The van der Waals surface area contributed by atoms with E-state index in [0.717, 1.165) is 6.92 Å². The lowest BCUT2D eigenvalue weighted by molar-refractivity contribution is -0.519. The smallest absolute Gasteiger partial charge is 0.377 e. The fourth-order valence-electron chi connectivity index (χ4n) is 7.06. The molecule has 404 valence electrons. The molecule has 0 aliphatic heterocycles. The Labute approximate surface area is 385 Å². The lowest BCUT2D eigenvalue weighted by atomic mass is 9.72. The summed E-state index contributed by atoms with van der Waals surface area (Å²) in [5.41, 5.74) is -0.605. The summed E-state index contributed by atoms with van der Waals surface area (Å²) < 4.78 is 263. The summed E-state index contributed by atoms with van der Waals surface area (Å²) >= 11 is 0. The molecule has 0 atom stereocenters. The molecule has 0 bridgehead atoms. The van der Waals surface area contributed by atoms with Crippen LogP contribution in [0.15, 0.2) is 0 Å². The molecule has 0 aromatic rings. The molecule has 0 aromatic carbocycles. The molecule has 0 heterocycles. The topological polar surface area (TPSA) is 129 Å². The number of hydrogen-bond acceptors (Lipinski definition) is 14. The van der Waals surface area contributed by atoms with Gasteiger partial charge in [-0.25, -0.2) is 27.0 Å². The van der Waals surface area contributed by atoms with Crippen LogP contribution >= 0.6 is 0 Å². The van der Waals surface area contributed by atoms with E-state index in [2.05, 4.69) is 18.9 Å². The second-order valence-electron chi connectivity index (χ2n) is 15.3. The van der Waals surface area contributed by atoms with Crippen LogP contribution in [0.3, 0.4) is 0 Å². The van der Waals surface area contributed by atoms with Crippen molar-refractivity contribution in [2.45, 2.75) is 138 Å². The molecule has 0 aromatic heterocycles. The summed E-state index contributed by atoms with van der Waals surface area (Å²) in [7, 11) is 3.74. The third kappa shape index (κ3) is 25.4. The van der Waals surface area contributed by atoms with Gasteiger partial charge in [-0.2, -0.15) is 35.1 Å². The lowest BCUT2D eigenvalue weighted by Crippen LogP contribution is -2.45. The minimum atomic E-state index is -6.03. The highest BCUT2D eigenvalue weighted by molar-refractivity contribution is 6.61. The first-order valence-electron chi connectivity index (χ1n) is 20.5. The van der Waals surface area contributed by atoms with Crippen molar-refractivity contribution in [2.75, 3.05) is 90.4 Å². The highest BCUT2D eigenvalue weighted by Crippen LogP contribution is 2.45. The standard InChI is InChI=1S/C36H66F14O14Si3/c1-11-32(41,42)62-34(45,46)28-61-26-31(39,40)24-30(37,38)25-33(43,44)63-36(49,50)64-35(47,48)27-60-20-12-16-29(17-13-21-65(51-2,52-3)53-4,18-14-22-66(54-5,55-6)56-7)19-15-23-67(57-8,58-9)59-10/h11-28H2,1-10H3. The van der Waals surface area contributed by atoms with E-state index in [1.54, 1.807) is 0 Å². The summed E-state index contributed by atoms with van der Waals surface area (Å²) in [6.45, 7) is -6.48. The average molecular weight is 1070 g/mol. The Morgan fingerprint density at radius 2 is 0.701 bits per heavy atom. The molecule has 0 N–H and O–H groups in total. The Balaban J connectivity index is 5.93. The van der Waals surface area contributed by atoms with E-state index < -0.39 is 120 Å². The van der Waals surface area contributed by atoms with Gasteiger partial charge in [-0.3, -0.25) is 4.74 Å². The van der Waals surface area contributed by atoms with Gasteiger partial charge in [0.05, 0.1) is 6.42 Å². The molecule has 14 nitrogen and oxygen atoms in total. The molecule has 0 amide bonds. The van der Waals surface area contributed by atoms with E-state index >= 15 is 0 Å². The fraction of sp³-hybridized carbons (Fsp3) is 1.00. The van der Waals surface area contributed by atoms with E-state index in [1.807, 2.05) is 0 Å². The second-order valence-corrected chi connectivity index (χ2v) is 24.6. The number of halogens is 14. The molecule has 31 heteroatoms. The van der Waals surface area contributed by atoms with Crippen LogP contribution in [-0.4, -0.2) is 159 Å². The Morgan fingerprint density at radius 1 is 0.358 bits per heavy atom. The zero-order valence-electron chi connectivity index (χ0n) is 39.2. The molecule has 67 heavy (non-hydrogen) atoms. The predicted octanol–water partition coefficient (Wildman–Crippen LogP) is 10.2. The summed E-state index contributed by atoms with van der Waals surface area (Å²) in [5, 5.41) is 0. The number of alkyl halides is 14. The van der Waals surface area contributed by atoms with Crippen LogP contribution in [0.1, 0.15) is 77.6 Å². The fourth-order valence-corrected chi connectivity index (χ4v) is 12.2. The second kappa shape index (κ2) is 28.4. The highest BCUT2D eigenvalue weighted by Gasteiger charge is 2.57. The maximum absolute atomic E-state index is 14.6. The Kier molecular flexibility index (Phi) is 28.0.